The fourth-order valence-electron chi connectivity index (χ4n) is 2.61. The molecule has 1 aromatic carbocycles. The predicted molar refractivity (Wildman–Crippen MR) is 96.7 cm³/mol. The molecule has 0 atom stereocenters. The molecule has 5 nitrogen and oxygen atoms in total. The lowest BCUT2D eigenvalue weighted by Crippen LogP contribution is -2.30. The molecule has 2 aromatic heterocycles. The Kier molecular flexibility index (Phi) is 6.12. The SMILES string of the molecule is NCCN(CCCc1nc(-c2cccs2)no1)Cc1ccccc1. The quantitative estimate of drug-likeness (QED) is 0.647. The van der Waals surface area contributed by atoms with Crippen molar-refractivity contribution in [1.82, 2.24) is 15.0 Å². The van der Waals surface area contributed by atoms with E-state index in [1.807, 2.05) is 23.6 Å². The van der Waals surface area contributed by atoms with Crippen LogP contribution in [0.25, 0.3) is 10.7 Å². The normalized spacial score (nSPS) is 11.2. The Morgan fingerprint density at radius 2 is 1.96 bits per heavy atom. The minimum atomic E-state index is 0.663. The smallest absolute Gasteiger partial charge is 0.227 e. The number of aromatic nitrogens is 2. The number of hydrogen-bond donors (Lipinski definition) is 1. The van der Waals surface area contributed by atoms with Gasteiger partial charge in [0.2, 0.25) is 11.7 Å². The van der Waals surface area contributed by atoms with Gasteiger partial charge in [-0.05, 0) is 30.0 Å². The fraction of sp³-hybridized carbons (Fsp3) is 0.333. The maximum atomic E-state index is 5.74. The molecule has 0 aliphatic heterocycles. The second-order valence-corrected chi connectivity index (χ2v) is 6.59. The van der Waals surface area contributed by atoms with Gasteiger partial charge in [-0.25, -0.2) is 0 Å². The maximum Gasteiger partial charge on any atom is 0.227 e. The number of hydrogen-bond acceptors (Lipinski definition) is 6. The molecule has 0 radical (unpaired) electrons. The Bertz CT molecular complexity index is 712. The zero-order valence-corrected chi connectivity index (χ0v) is 14.4. The number of thiophene rings is 1. The summed E-state index contributed by atoms with van der Waals surface area (Å²) in [6, 6.07) is 14.5. The number of benzene rings is 1. The molecule has 3 aromatic rings. The molecule has 0 bridgehead atoms. The van der Waals surface area contributed by atoms with Gasteiger partial charge in [-0.2, -0.15) is 4.98 Å². The van der Waals surface area contributed by atoms with Crippen LogP contribution >= 0.6 is 11.3 Å². The second-order valence-electron chi connectivity index (χ2n) is 5.64. The van der Waals surface area contributed by atoms with E-state index in [1.165, 1.54) is 5.56 Å². The van der Waals surface area contributed by atoms with E-state index in [4.69, 9.17) is 10.3 Å². The third-order valence-electron chi connectivity index (χ3n) is 3.77. The van der Waals surface area contributed by atoms with Crippen LogP contribution in [0, 0.1) is 0 Å². The van der Waals surface area contributed by atoms with Gasteiger partial charge in [0.15, 0.2) is 0 Å². The number of nitrogens with zero attached hydrogens (tertiary/aromatic N) is 3. The molecule has 24 heavy (non-hydrogen) atoms. The third-order valence-corrected chi connectivity index (χ3v) is 4.63. The van der Waals surface area contributed by atoms with Gasteiger partial charge in [0.05, 0.1) is 4.88 Å². The van der Waals surface area contributed by atoms with Crippen LogP contribution in [0.5, 0.6) is 0 Å². The van der Waals surface area contributed by atoms with Crippen molar-refractivity contribution in [1.29, 1.82) is 0 Å². The summed E-state index contributed by atoms with van der Waals surface area (Å²) in [5.74, 6) is 1.38. The fourth-order valence-corrected chi connectivity index (χ4v) is 3.26. The highest BCUT2D eigenvalue weighted by Crippen LogP contribution is 2.21. The first-order valence-corrected chi connectivity index (χ1v) is 9.06. The van der Waals surface area contributed by atoms with Crippen molar-refractivity contribution in [3.63, 3.8) is 0 Å². The van der Waals surface area contributed by atoms with Crippen LogP contribution in [0.4, 0.5) is 0 Å². The van der Waals surface area contributed by atoms with Crippen LogP contribution in [0.1, 0.15) is 17.9 Å². The number of nitrogens with two attached hydrogens (primary N) is 1. The molecule has 0 amide bonds. The van der Waals surface area contributed by atoms with Crippen molar-refractivity contribution in [2.24, 2.45) is 5.73 Å². The highest BCUT2D eigenvalue weighted by atomic mass is 32.1. The number of aryl methyl sites for hydroxylation is 1. The summed E-state index contributed by atoms with van der Waals surface area (Å²) in [7, 11) is 0. The molecule has 2 heterocycles. The largest absolute Gasteiger partial charge is 0.339 e. The van der Waals surface area contributed by atoms with Crippen molar-refractivity contribution in [2.45, 2.75) is 19.4 Å². The zero-order chi connectivity index (χ0) is 16.6. The topological polar surface area (TPSA) is 68.2 Å². The molecule has 0 saturated heterocycles. The molecule has 0 unspecified atom stereocenters. The van der Waals surface area contributed by atoms with Crippen molar-refractivity contribution < 1.29 is 4.52 Å². The van der Waals surface area contributed by atoms with Gasteiger partial charge in [-0.1, -0.05) is 41.6 Å². The molecular formula is C18H22N4OS. The van der Waals surface area contributed by atoms with Crippen LogP contribution in [-0.4, -0.2) is 34.7 Å². The number of rotatable bonds is 9. The van der Waals surface area contributed by atoms with E-state index in [0.717, 1.165) is 37.4 Å². The molecular weight excluding hydrogens is 320 g/mol. The average Bonchev–Trinajstić information content (AvgIpc) is 3.27. The van der Waals surface area contributed by atoms with Crippen LogP contribution < -0.4 is 5.73 Å². The molecule has 0 aliphatic rings. The van der Waals surface area contributed by atoms with E-state index >= 15 is 0 Å². The van der Waals surface area contributed by atoms with E-state index in [9.17, 15) is 0 Å². The summed E-state index contributed by atoms with van der Waals surface area (Å²) in [6.45, 7) is 3.43. The van der Waals surface area contributed by atoms with E-state index < -0.39 is 0 Å². The minimum Gasteiger partial charge on any atom is -0.339 e. The highest BCUT2D eigenvalue weighted by molar-refractivity contribution is 7.13. The van der Waals surface area contributed by atoms with E-state index in [0.29, 0.717) is 18.3 Å². The van der Waals surface area contributed by atoms with Crippen LogP contribution in [-0.2, 0) is 13.0 Å². The Morgan fingerprint density at radius 3 is 2.71 bits per heavy atom. The van der Waals surface area contributed by atoms with Gasteiger partial charge in [-0.15, -0.1) is 11.3 Å². The molecule has 0 fully saturated rings. The summed E-state index contributed by atoms with van der Waals surface area (Å²) in [5, 5.41) is 6.06. The van der Waals surface area contributed by atoms with Crippen molar-refractivity contribution in [3.05, 3.63) is 59.3 Å². The highest BCUT2D eigenvalue weighted by Gasteiger charge is 2.10. The standard InChI is InChI=1S/C18H22N4OS/c19-10-12-22(14-15-6-2-1-3-7-15)11-4-9-17-20-18(21-23-17)16-8-5-13-24-16/h1-3,5-8,13H,4,9-12,14,19H2. The minimum absolute atomic E-state index is 0.663. The van der Waals surface area contributed by atoms with E-state index in [2.05, 4.69) is 39.3 Å². The molecule has 0 saturated carbocycles. The first-order valence-electron chi connectivity index (χ1n) is 8.18. The molecule has 0 aliphatic carbocycles. The van der Waals surface area contributed by atoms with Gasteiger partial charge >= 0.3 is 0 Å². The Labute approximate surface area is 146 Å². The zero-order valence-electron chi connectivity index (χ0n) is 13.6. The Balaban J connectivity index is 1.50. The summed E-state index contributed by atoms with van der Waals surface area (Å²) >= 11 is 1.62. The van der Waals surface area contributed by atoms with Crippen molar-refractivity contribution in [2.75, 3.05) is 19.6 Å². The van der Waals surface area contributed by atoms with Gasteiger partial charge in [0.25, 0.3) is 0 Å². The molecule has 6 heteroatoms. The van der Waals surface area contributed by atoms with E-state index in [1.54, 1.807) is 11.3 Å². The summed E-state index contributed by atoms with van der Waals surface area (Å²) in [5.41, 5.74) is 7.05. The van der Waals surface area contributed by atoms with Crippen molar-refractivity contribution in [3.8, 4) is 10.7 Å². The van der Waals surface area contributed by atoms with Crippen LogP contribution in [0.2, 0.25) is 0 Å². The first kappa shape index (κ1) is 16.8. The summed E-state index contributed by atoms with van der Waals surface area (Å²) in [6.07, 6.45) is 1.76. The molecule has 2 N–H and O–H groups in total. The lowest BCUT2D eigenvalue weighted by Gasteiger charge is -2.21. The van der Waals surface area contributed by atoms with Gasteiger partial charge in [0, 0.05) is 26.1 Å². The second kappa shape index (κ2) is 8.73. The average molecular weight is 342 g/mol. The van der Waals surface area contributed by atoms with Crippen molar-refractivity contribution >= 4 is 11.3 Å². The first-order chi connectivity index (χ1) is 11.8. The molecule has 0 spiro atoms. The molecule has 3 rings (SSSR count). The van der Waals surface area contributed by atoms with E-state index in [-0.39, 0.29) is 0 Å². The summed E-state index contributed by atoms with van der Waals surface area (Å²) < 4.78 is 5.35. The van der Waals surface area contributed by atoms with Gasteiger partial charge in [0.1, 0.15) is 0 Å². The van der Waals surface area contributed by atoms with Gasteiger partial charge < -0.3 is 10.3 Å². The Hall–Kier alpha value is -2.02. The third kappa shape index (κ3) is 4.74. The predicted octanol–water partition coefficient (Wildman–Crippen LogP) is 3.19. The van der Waals surface area contributed by atoms with Crippen LogP contribution in [0.15, 0.2) is 52.4 Å². The lowest BCUT2D eigenvalue weighted by molar-refractivity contribution is 0.264. The lowest BCUT2D eigenvalue weighted by atomic mass is 10.2. The Morgan fingerprint density at radius 1 is 1.08 bits per heavy atom. The maximum absolute atomic E-state index is 5.74. The van der Waals surface area contributed by atoms with Gasteiger partial charge in [-0.3, -0.25) is 4.90 Å². The van der Waals surface area contributed by atoms with Crippen LogP contribution in [0.3, 0.4) is 0 Å². The summed E-state index contributed by atoms with van der Waals surface area (Å²) in [4.78, 5) is 7.88. The molecule has 126 valence electrons. The monoisotopic (exact) mass is 342 g/mol.